The lowest BCUT2D eigenvalue weighted by atomic mass is 9.80. The highest BCUT2D eigenvalue weighted by atomic mass is 16.5. The van der Waals surface area contributed by atoms with E-state index in [1.807, 2.05) is 28.8 Å². The zero-order chi connectivity index (χ0) is 21.2. The van der Waals surface area contributed by atoms with Crippen LogP contribution in [-0.2, 0) is 11.2 Å². The molecule has 2 heterocycles. The largest absolute Gasteiger partial charge is 0.465 e. The van der Waals surface area contributed by atoms with Gasteiger partial charge in [-0.3, -0.25) is 0 Å². The lowest BCUT2D eigenvalue weighted by molar-refractivity contribution is 0.0601. The molecular formula is C28H25NO2. The number of aromatic nitrogens is 1. The summed E-state index contributed by atoms with van der Waals surface area (Å²) in [4.78, 5) is 11.1. The number of nitrogens with zero attached hydrogens (tertiary/aromatic N) is 1. The van der Waals surface area contributed by atoms with E-state index in [0.29, 0.717) is 5.56 Å². The van der Waals surface area contributed by atoms with Crippen LogP contribution in [0.3, 0.4) is 0 Å². The van der Waals surface area contributed by atoms with E-state index in [9.17, 15) is 4.79 Å². The molecule has 3 heteroatoms. The van der Waals surface area contributed by atoms with Gasteiger partial charge >= 0.3 is 5.97 Å². The fourth-order valence-corrected chi connectivity index (χ4v) is 4.67. The van der Waals surface area contributed by atoms with Crippen molar-refractivity contribution in [3.8, 4) is 0 Å². The molecule has 3 nitrogen and oxygen atoms in total. The second kappa shape index (κ2) is 8.27. The van der Waals surface area contributed by atoms with Crippen LogP contribution in [0.4, 0.5) is 0 Å². The van der Waals surface area contributed by atoms with Crippen LogP contribution < -0.4 is 0 Å². The minimum absolute atomic E-state index is 0.302. The van der Waals surface area contributed by atoms with Crippen LogP contribution >= 0.6 is 0 Å². The quantitative estimate of drug-likeness (QED) is 0.332. The van der Waals surface area contributed by atoms with Crippen LogP contribution in [0.25, 0.3) is 21.9 Å². The standard InChI is InChI=1S/C18H16.C10H9NO2/c1-3-7-15-13(5-1)9-11-18-16-8-4-2-6-14(16)10-12-17(15)18;1-13-10(12)8-6-9-4-2-3-5-11(9)7-8/h1,3-5,7-9,11H,2,6,10,12H2;2-7H,1H3. The van der Waals surface area contributed by atoms with Gasteiger partial charge in [-0.2, -0.15) is 0 Å². The van der Waals surface area contributed by atoms with Gasteiger partial charge < -0.3 is 9.14 Å². The third-order valence-electron chi connectivity index (χ3n) is 6.21. The molecular weight excluding hydrogens is 382 g/mol. The Kier molecular flexibility index (Phi) is 5.17. The fraction of sp³-hybridized carbons (Fsp3) is 0.179. The van der Waals surface area contributed by atoms with Gasteiger partial charge in [-0.05, 0) is 71.4 Å². The van der Waals surface area contributed by atoms with Crippen molar-refractivity contribution in [1.82, 2.24) is 4.40 Å². The molecule has 2 aromatic carbocycles. The van der Waals surface area contributed by atoms with Crippen molar-refractivity contribution < 1.29 is 9.53 Å². The zero-order valence-electron chi connectivity index (χ0n) is 17.7. The number of ether oxygens (including phenoxy) is 1. The van der Waals surface area contributed by atoms with Gasteiger partial charge in [0.1, 0.15) is 0 Å². The van der Waals surface area contributed by atoms with Gasteiger partial charge in [0.25, 0.3) is 0 Å². The summed E-state index contributed by atoms with van der Waals surface area (Å²) in [5.41, 5.74) is 7.77. The number of carbonyl (C=O) groups is 1. The Hall–Kier alpha value is -3.59. The van der Waals surface area contributed by atoms with Crippen LogP contribution in [0, 0.1) is 0 Å². The van der Waals surface area contributed by atoms with E-state index in [0.717, 1.165) is 5.52 Å². The molecule has 0 fully saturated rings. The van der Waals surface area contributed by atoms with Gasteiger partial charge in [0.2, 0.25) is 0 Å². The molecule has 154 valence electrons. The Labute approximate surface area is 182 Å². The first kappa shape index (κ1) is 19.4. The molecule has 0 saturated carbocycles. The van der Waals surface area contributed by atoms with Gasteiger partial charge in [-0.1, -0.05) is 60.2 Å². The number of carbonyl (C=O) groups excluding carboxylic acids is 1. The van der Waals surface area contributed by atoms with E-state index in [-0.39, 0.29) is 5.97 Å². The molecule has 4 aromatic rings. The lowest BCUT2D eigenvalue weighted by Crippen LogP contribution is -2.06. The number of allylic oxidation sites excluding steroid dienone is 4. The molecule has 0 N–H and O–H groups in total. The molecule has 0 aliphatic heterocycles. The lowest BCUT2D eigenvalue weighted by Gasteiger charge is -2.25. The van der Waals surface area contributed by atoms with Crippen LogP contribution in [0.2, 0.25) is 0 Å². The fourth-order valence-electron chi connectivity index (χ4n) is 4.67. The maximum absolute atomic E-state index is 11.1. The van der Waals surface area contributed by atoms with Crippen LogP contribution in [0.1, 0.15) is 40.7 Å². The topological polar surface area (TPSA) is 30.7 Å². The summed E-state index contributed by atoms with van der Waals surface area (Å²) in [6.45, 7) is 0. The number of aryl methyl sites for hydroxylation is 1. The SMILES string of the molecule is C1=CC2=C(CC1)CCc1c2ccc2ccccc12.COC(=O)c1cc2ccccn2c1. The molecule has 0 unspecified atom stereocenters. The van der Waals surface area contributed by atoms with E-state index >= 15 is 0 Å². The number of methoxy groups -OCH3 is 1. The number of fused-ring (bicyclic) bond motifs is 5. The van der Waals surface area contributed by atoms with Crippen LogP contribution in [0.15, 0.2) is 90.8 Å². The summed E-state index contributed by atoms with van der Waals surface area (Å²) >= 11 is 0. The molecule has 2 aliphatic carbocycles. The Morgan fingerprint density at radius 3 is 2.71 bits per heavy atom. The minimum Gasteiger partial charge on any atom is -0.465 e. The maximum atomic E-state index is 11.1. The first-order chi connectivity index (χ1) is 15.2. The molecule has 0 spiro atoms. The van der Waals surface area contributed by atoms with E-state index in [2.05, 4.69) is 53.3 Å². The molecule has 0 saturated heterocycles. The van der Waals surface area contributed by atoms with E-state index in [1.165, 1.54) is 54.7 Å². The van der Waals surface area contributed by atoms with Gasteiger partial charge in [0.05, 0.1) is 12.7 Å². The number of rotatable bonds is 1. The van der Waals surface area contributed by atoms with Crippen molar-refractivity contribution in [2.45, 2.75) is 25.7 Å². The molecule has 2 aliphatic rings. The Bertz CT molecular complexity index is 1310. The summed E-state index contributed by atoms with van der Waals surface area (Å²) in [5, 5.41) is 2.82. The van der Waals surface area contributed by atoms with Crippen molar-refractivity contribution in [3.05, 3.63) is 107 Å². The number of pyridine rings is 1. The first-order valence-electron chi connectivity index (χ1n) is 10.8. The Morgan fingerprint density at radius 1 is 0.968 bits per heavy atom. The normalized spacial score (nSPS) is 14.6. The van der Waals surface area contributed by atoms with Gasteiger partial charge in [0.15, 0.2) is 0 Å². The smallest absolute Gasteiger partial charge is 0.339 e. The summed E-state index contributed by atoms with van der Waals surface area (Å²) in [7, 11) is 1.38. The van der Waals surface area contributed by atoms with E-state index < -0.39 is 0 Å². The molecule has 0 amide bonds. The Morgan fingerprint density at radius 2 is 1.84 bits per heavy atom. The van der Waals surface area contributed by atoms with Crippen molar-refractivity contribution in [2.75, 3.05) is 7.11 Å². The third kappa shape index (κ3) is 3.68. The predicted octanol–water partition coefficient (Wildman–Crippen LogP) is 6.62. The summed E-state index contributed by atoms with van der Waals surface area (Å²) in [6.07, 6.45) is 13.3. The number of benzene rings is 2. The van der Waals surface area contributed by atoms with Crippen LogP contribution in [0.5, 0.6) is 0 Å². The van der Waals surface area contributed by atoms with Crippen molar-refractivity contribution in [3.63, 3.8) is 0 Å². The van der Waals surface area contributed by atoms with Crippen LogP contribution in [-0.4, -0.2) is 17.5 Å². The van der Waals surface area contributed by atoms with Gasteiger partial charge in [-0.15, -0.1) is 0 Å². The van der Waals surface area contributed by atoms with E-state index in [4.69, 9.17) is 0 Å². The van der Waals surface area contributed by atoms with Crippen molar-refractivity contribution in [2.24, 2.45) is 0 Å². The molecule has 0 atom stereocenters. The third-order valence-corrected chi connectivity index (χ3v) is 6.21. The number of hydrogen-bond donors (Lipinski definition) is 0. The average molecular weight is 408 g/mol. The molecule has 0 bridgehead atoms. The van der Waals surface area contributed by atoms with Gasteiger partial charge in [-0.25, -0.2) is 4.79 Å². The summed E-state index contributed by atoms with van der Waals surface area (Å²) in [6, 6.07) is 20.9. The minimum atomic E-state index is -0.302. The second-order valence-corrected chi connectivity index (χ2v) is 8.02. The number of hydrogen-bond acceptors (Lipinski definition) is 2. The van der Waals surface area contributed by atoms with Gasteiger partial charge in [0, 0.05) is 17.9 Å². The summed E-state index contributed by atoms with van der Waals surface area (Å²) in [5.74, 6) is -0.302. The zero-order valence-corrected chi connectivity index (χ0v) is 17.7. The molecule has 6 rings (SSSR count). The van der Waals surface area contributed by atoms with Crippen molar-refractivity contribution >= 4 is 27.8 Å². The monoisotopic (exact) mass is 407 g/mol. The highest BCUT2D eigenvalue weighted by Crippen LogP contribution is 2.39. The highest BCUT2D eigenvalue weighted by Gasteiger charge is 2.20. The first-order valence-corrected chi connectivity index (χ1v) is 10.8. The summed E-state index contributed by atoms with van der Waals surface area (Å²) < 4.78 is 6.49. The van der Waals surface area contributed by atoms with Crippen molar-refractivity contribution in [1.29, 1.82) is 0 Å². The Balaban J connectivity index is 0.000000140. The molecule has 0 radical (unpaired) electrons. The highest BCUT2D eigenvalue weighted by molar-refractivity contribution is 5.94. The molecule has 31 heavy (non-hydrogen) atoms. The number of esters is 1. The maximum Gasteiger partial charge on any atom is 0.339 e. The molecule has 2 aromatic heterocycles. The second-order valence-electron chi connectivity index (χ2n) is 8.02. The van der Waals surface area contributed by atoms with E-state index in [1.54, 1.807) is 23.4 Å². The average Bonchev–Trinajstić information content (AvgIpc) is 3.28. The predicted molar refractivity (Wildman–Crippen MR) is 126 cm³/mol.